The number of carboxylic acids is 1. The zero-order valence-electron chi connectivity index (χ0n) is 11.1. The van der Waals surface area contributed by atoms with Crippen LogP contribution < -0.4 is 5.32 Å². The van der Waals surface area contributed by atoms with Gasteiger partial charge in [-0.3, -0.25) is 14.9 Å². The first-order valence-corrected chi connectivity index (χ1v) is 7.48. The van der Waals surface area contributed by atoms with E-state index in [0.717, 1.165) is 11.3 Å². The first-order valence-electron chi connectivity index (χ1n) is 6.09. The zero-order valence-corrected chi connectivity index (χ0v) is 11.9. The van der Waals surface area contributed by atoms with Crippen LogP contribution in [0.15, 0.2) is 30.3 Å². The second-order valence-electron chi connectivity index (χ2n) is 4.29. The van der Waals surface area contributed by atoms with Crippen LogP contribution in [0, 0.1) is 0 Å². The van der Waals surface area contributed by atoms with Gasteiger partial charge in [-0.05, 0) is 30.9 Å². The van der Waals surface area contributed by atoms with Gasteiger partial charge in [-0.15, -0.1) is 0 Å². The van der Waals surface area contributed by atoms with E-state index in [4.69, 9.17) is 0 Å². The van der Waals surface area contributed by atoms with E-state index in [-0.39, 0.29) is 5.78 Å². The van der Waals surface area contributed by atoms with Gasteiger partial charge in [0.25, 0.3) is 0 Å². The highest BCUT2D eigenvalue weighted by molar-refractivity contribution is 7.98. The van der Waals surface area contributed by atoms with E-state index in [2.05, 4.69) is 5.32 Å². The van der Waals surface area contributed by atoms with Crippen LogP contribution in [0.4, 0.5) is 0 Å². The maximum atomic E-state index is 11.7. The van der Waals surface area contributed by atoms with Gasteiger partial charge in [-0.2, -0.15) is 11.8 Å². The quantitative estimate of drug-likeness (QED) is 0.764. The number of carbonyl (C=O) groups is 2. The minimum atomic E-state index is -0.920. The maximum Gasteiger partial charge on any atom is 0.320 e. The molecule has 0 spiro atoms. The molecule has 2 N–H and O–H groups in total. The molecular formula is C14H19NO3S. The third-order valence-electron chi connectivity index (χ3n) is 2.82. The number of hydrogen-bond donors (Lipinski definition) is 2. The molecule has 0 fully saturated rings. The smallest absolute Gasteiger partial charge is 0.320 e. The molecule has 0 bridgehead atoms. The Kier molecular flexibility index (Phi) is 6.59. The number of thioether (sulfide) groups is 1. The molecule has 2 atom stereocenters. The number of Topliss-reactive ketones (excluding diaryl/α,β-unsaturated/α-hetero) is 1. The second kappa shape index (κ2) is 7.96. The van der Waals surface area contributed by atoms with E-state index in [1.807, 2.05) is 36.6 Å². The van der Waals surface area contributed by atoms with Crippen molar-refractivity contribution < 1.29 is 14.7 Å². The average Bonchev–Trinajstić information content (AvgIpc) is 2.39. The van der Waals surface area contributed by atoms with Crippen LogP contribution in [0.3, 0.4) is 0 Å². The van der Waals surface area contributed by atoms with E-state index in [9.17, 15) is 14.7 Å². The van der Waals surface area contributed by atoms with Gasteiger partial charge in [-0.25, -0.2) is 0 Å². The molecular weight excluding hydrogens is 262 g/mol. The van der Waals surface area contributed by atoms with Gasteiger partial charge in [0.2, 0.25) is 0 Å². The molecule has 1 rings (SSSR count). The Balaban J connectivity index is 2.82. The number of ketones is 1. The van der Waals surface area contributed by atoms with Crippen molar-refractivity contribution in [3.05, 3.63) is 35.9 Å². The summed E-state index contributed by atoms with van der Waals surface area (Å²) in [5.41, 5.74) is 0.797. The monoisotopic (exact) mass is 281 g/mol. The number of carboxylic acid groups (broad SMARTS) is 1. The number of rotatable bonds is 8. The van der Waals surface area contributed by atoms with Crippen molar-refractivity contribution in [1.82, 2.24) is 5.32 Å². The van der Waals surface area contributed by atoms with Gasteiger partial charge in [0.1, 0.15) is 6.04 Å². The molecule has 0 aliphatic heterocycles. The second-order valence-corrected chi connectivity index (χ2v) is 5.28. The van der Waals surface area contributed by atoms with Crippen molar-refractivity contribution in [2.75, 3.05) is 12.0 Å². The Morgan fingerprint density at radius 2 is 1.95 bits per heavy atom. The van der Waals surface area contributed by atoms with E-state index in [1.165, 1.54) is 6.92 Å². The topological polar surface area (TPSA) is 66.4 Å². The lowest BCUT2D eigenvalue weighted by Crippen LogP contribution is -2.42. The first kappa shape index (κ1) is 15.7. The number of aliphatic carboxylic acids is 1. The number of nitrogens with one attached hydrogen (secondary N) is 1. The highest BCUT2D eigenvalue weighted by Crippen LogP contribution is 2.15. The third kappa shape index (κ3) is 5.04. The van der Waals surface area contributed by atoms with Crippen molar-refractivity contribution in [1.29, 1.82) is 0 Å². The molecule has 0 saturated carbocycles. The number of hydrogen-bond acceptors (Lipinski definition) is 4. The average molecular weight is 281 g/mol. The molecule has 0 radical (unpaired) electrons. The van der Waals surface area contributed by atoms with Crippen LogP contribution >= 0.6 is 11.8 Å². The van der Waals surface area contributed by atoms with Gasteiger partial charge in [0.05, 0.1) is 6.04 Å². The van der Waals surface area contributed by atoms with E-state index in [0.29, 0.717) is 6.42 Å². The SMILES string of the molecule is CSCC[C@H](NC(C(C)=O)c1ccccc1)C(=O)O. The summed E-state index contributed by atoms with van der Waals surface area (Å²) in [5, 5.41) is 12.1. The lowest BCUT2D eigenvalue weighted by Gasteiger charge is -2.21. The van der Waals surface area contributed by atoms with Crippen molar-refractivity contribution in [3.8, 4) is 0 Å². The van der Waals surface area contributed by atoms with Gasteiger partial charge in [0.15, 0.2) is 5.78 Å². The zero-order chi connectivity index (χ0) is 14.3. The first-order chi connectivity index (χ1) is 9.06. The molecule has 0 aliphatic carbocycles. The van der Waals surface area contributed by atoms with Crippen molar-refractivity contribution >= 4 is 23.5 Å². The molecule has 1 aromatic carbocycles. The highest BCUT2D eigenvalue weighted by atomic mass is 32.2. The fourth-order valence-corrected chi connectivity index (χ4v) is 2.28. The standard InChI is InChI=1S/C14H19NO3S/c1-10(16)13(11-6-4-3-5-7-11)15-12(14(17)18)8-9-19-2/h3-7,12-13,15H,8-9H2,1-2H3,(H,17,18)/t12-,13?/m0/s1. The van der Waals surface area contributed by atoms with Gasteiger partial charge in [-0.1, -0.05) is 30.3 Å². The Morgan fingerprint density at radius 3 is 2.42 bits per heavy atom. The summed E-state index contributed by atoms with van der Waals surface area (Å²) in [6, 6.07) is 7.92. The summed E-state index contributed by atoms with van der Waals surface area (Å²) in [5.74, 6) is -0.263. The van der Waals surface area contributed by atoms with Crippen LogP contribution in [0.1, 0.15) is 24.9 Å². The molecule has 0 amide bonds. The molecule has 5 heteroatoms. The van der Waals surface area contributed by atoms with Crippen LogP contribution in [0.2, 0.25) is 0 Å². The van der Waals surface area contributed by atoms with E-state index < -0.39 is 18.1 Å². The molecule has 0 aromatic heterocycles. The minimum Gasteiger partial charge on any atom is -0.480 e. The van der Waals surface area contributed by atoms with E-state index >= 15 is 0 Å². The Labute approximate surface area is 117 Å². The summed E-state index contributed by atoms with van der Waals surface area (Å²) in [6.07, 6.45) is 2.42. The third-order valence-corrected chi connectivity index (χ3v) is 3.46. The summed E-state index contributed by atoms with van der Waals surface area (Å²) in [7, 11) is 0. The Hall–Kier alpha value is -1.33. The predicted octanol–water partition coefficient (Wildman–Crippen LogP) is 2.11. The predicted molar refractivity (Wildman–Crippen MR) is 77.4 cm³/mol. The van der Waals surface area contributed by atoms with E-state index in [1.54, 1.807) is 11.8 Å². The van der Waals surface area contributed by atoms with Gasteiger partial charge in [0, 0.05) is 0 Å². The molecule has 1 aromatic rings. The number of carbonyl (C=O) groups excluding carboxylic acids is 1. The number of benzene rings is 1. The summed E-state index contributed by atoms with van der Waals surface area (Å²) < 4.78 is 0. The van der Waals surface area contributed by atoms with Crippen LogP contribution in [0.25, 0.3) is 0 Å². The summed E-state index contributed by atoms with van der Waals surface area (Å²) in [6.45, 7) is 1.47. The van der Waals surface area contributed by atoms with Gasteiger partial charge >= 0.3 is 5.97 Å². The fourth-order valence-electron chi connectivity index (χ4n) is 1.81. The van der Waals surface area contributed by atoms with Crippen LogP contribution in [-0.2, 0) is 9.59 Å². The lowest BCUT2D eigenvalue weighted by molar-refractivity contribution is -0.139. The maximum absolute atomic E-state index is 11.7. The molecule has 104 valence electrons. The molecule has 4 nitrogen and oxygen atoms in total. The minimum absolute atomic E-state index is 0.0819. The molecule has 19 heavy (non-hydrogen) atoms. The molecule has 0 heterocycles. The normalized spacial score (nSPS) is 13.8. The Morgan fingerprint density at radius 1 is 1.32 bits per heavy atom. The molecule has 0 saturated heterocycles. The summed E-state index contributed by atoms with van der Waals surface area (Å²) in [4.78, 5) is 22.9. The molecule has 1 unspecified atom stereocenters. The highest BCUT2D eigenvalue weighted by Gasteiger charge is 2.24. The lowest BCUT2D eigenvalue weighted by atomic mass is 10.0. The Bertz CT molecular complexity index is 422. The van der Waals surface area contributed by atoms with Crippen molar-refractivity contribution in [2.24, 2.45) is 0 Å². The largest absolute Gasteiger partial charge is 0.480 e. The van der Waals surface area contributed by atoms with Crippen LogP contribution in [-0.4, -0.2) is 34.9 Å². The molecule has 0 aliphatic rings. The summed E-state index contributed by atoms with van der Waals surface area (Å²) >= 11 is 1.59. The van der Waals surface area contributed by atoms with Crippen molar-refractivity contribution in [2.45, 2.75) is 25.4 Å². The van der Waals surface area contributed by atoms with Crippen LogP contribution in [0.5, 0.6) is 0 Å². The fraction of sp³-hybridized carbons (Fsp3) is 0.429. The van der Waals surface area contributed by atoms with Crippen molar-refractivity contribution in [3.63, 3.8) is 0 Å². The van der Waals surface area contributed by atoms with Gasteiger partial charge < -0.3 is 5.11 Å².